The fourth-order valence-corrected chi connectivity index (χ4v) is 3.64. The van der Waals surface area contributed by atoms with Crippen molar-refractivity contribution in [2.24, 2.45) is 5.73 Å². The van der Waals surface area contributed by atoms with Crippen LogP contribution in [0.3, 0.4) is 0 Å². The van der Waals surface area contributed by atoms with E-state index in [2.05, 4.69) is 22.3 Å². The molecule has 2 heterocycles. The fraction of sp³-hybridized carbons (Fsp3) is 0.421. The van der Waals surface area contributed by atoms with Gasteiger partial charge in [-0.1, -0.05) is 30.3 Å². The van der Waals surface area contributed by atoms with E-state index in [-0.39, 0.29) is 12.0 Å². The minimum atomic E-state index is -0.424. The Morgan fingerprint density at radius 1 is 1.27 bits per heavy atom. The summed E-state index contributed by atoms with van der Waals surface area (Å²) in [6.07, 6.45) is 3.62. The second-order valence-corrected chi connectivity index (χ2v) is 7.09. The zero-order valence-electron chi connectivity index (χ0n) is 14.8. The number of hydrogen-bond donors (Lipinski definition) is 3. The van der Waals surface area contributed by atoms with Crippen molar-refractivity contribution in [2.75, 3.05) is 0 Å². The Labute approximate surface area is 152 Å². The second-order valence-electron chi connectivity index (χ2n) is 7.09. The quantitative estimate of drug-likeness (QED) is 0.666. The summed E-state index contributed by atoms with van der Waals surface area (Å²) < 4.78 is 1.98. The van der Waals surface area contributed by atoms with Crippen molar-refractivity contribution in [1.29, 1.82) is 0 Å². The number of aliphatic hydroxyl groups excluding tert-OH is 1. The molecular formula is C19H24N6O. The van der Waals surface area contributed by atoms with Crippen LogP contribution < -0.4 is 5.73 Å². The molecule has 0 bridgehead atoms. The maximum Gasteiger partial charge on any atom is 0.184 e. The Bertz CT molecular complexity index is 871. The van der Waals surface area contributed by atoms with E-state index in [1.54, 1.807) is 6.20 Å². The predicted molar refractivity (Wildman–Crippen MR) is 98.5 cm³/mol. The van der Waals surface area contributed by atoms with Gasteiger partial charge in [0, 0.05) is 17.7 Å². The highest BCUT2D eigenvalue weighted by Gasteiger charge is 2.31. The molecule has 7 nitrogen and oxygen atoms in total. The highest BCUT2D eigenvalue weighted by Crippen LogP contribution is 2.33. The lowest BCUT2D eigenvalue weighted by Crippen LogP contribution is -2.40. The normalized spacial score (nSPS) is 23.3. The van der Waals surface area contributed by atoms with Crippen molar-refractivity contribution in [3.8, 4) is 11.4 Å². The molecule has 7 heteroatoms. The summed E-state index contributed by atoms with van der Waals surface area (Å²) in [5.74, 6) is 1.82. The Morgan fingerprint density at radius 2 is 2.08 bits per heavy atom. The van der Waals surface area contributed by atoms with Crippen molar-refractivity contribution < 1.29 is 5.11 Å². The number of aryl methyl sites for hydroxylation is 1. The summed E-state index contributed by atoms with van der Waals surface area (Å²) in [4.78, 5) is 4.85. The maximum atomic E-state index is 9.96. The topological polar surface area (TPSA) is 106 Å². The van der Waals surface area contributed by atoms with Crippen LogP contribution in [-0.2, 0) is 6.54 Å². The van der Waals surface area contributed by atoms with Crippen LogP contribution in [0.2, 0.25) is 0 Å². The molecule has 0 unspecified atom stereocenters. The number of nitrogens with one attached hydrogen (secondary N) is 1. The van der Waals surface area contributed by atoms with Crippen molar-refractivity contribution in [3.63, 3.8) is 0 Å². The van der Waals surface area contributed by atoms with E-state index in [9.17, 15) is 5.11 Å². The van der Waals surface area contributed by atoms with Gasteiger partial charge in [0.05, 0.1) is 24.4 Å². The number of nitrogens with zero attached hydrogens (tertiary/aromatic N) is 4. The van der Waals surface area contributed by atoms with Crippen molar-refractivity contribution in [1.82, 2.24) is 25.0 Å². The lowest BCUT2D eigenvalue weighted by molar-refractivity contribution is 0.0985. The van der Waals surface area contributed by atoms with Crippen molar-refractivity contribution in [2.45, 2.75) is 50.8 Å². The number of aliphatic hydroxyl groups is 1. The molecule has 0 amide bonds. The van der Waals surface area contributed by atoms with Gasteiger partial charge in [0.25, 0.3) is 0 Å². The van der Waals surface area contributed by atoms with Crippen LogP contribution in [0, 0.1) is 6.92 Å². The molecule has 3 atom stereocenters. The number of aromatic nitrogens is 5. The predicted octanol–water partition coefficient (Wildman–Crippen LogP) is 1.98. The molecule has 26 heavy (non-hydrogen) atoms. The molecule has 2 aromatic heterocycles. The lowest BCUT2D eigenvalue weighted by Gasteiger charge is -2.30. The van der Waals surface area contributed by atoms with Gasteiger partial charge in [0.2, 0.25) is 0 Å². The average Bonchev–Trinajstić information content (AvgIpc) is 3.24. The smallest absolute Gasteiger partial charge is 0.184 e. The van der Waals surface area contributed by atoms with Gasteiger partial charge in [0.1, 0.15) is 5.82 Å². The summed E-state index contributed by atoms with van der Waals surface area (Å²) in [7, 11) is 0. The molecule has 4 rings (SSSR count). The molecule has 1 aliphatic carbocycles. The summed E-state index contributed by atoms with van der Waals surface area (Å²) in [6, 6.07) is 10.0. The Hall–Kier alpha value is -2.51. The van der Waals surface area contributed by atoms with Crippen LogP contribution >= 0.6 is 0 Å². The van der Waals surface area contributed by atoms with Crippen LogP contribution in [0.15, 0.2) is 36.5 Å². The fourth-order valence-electron chi connectivity index (χ4n) is 3.64. The van der Waals surface area contributed by atoms with Crippen LogP contribution in [0.25, 0.3) is 11.4 Å². The molecule has 3 aromatic rings. The zero-order valence-corrected chi connectivity index (χ0v) is 14.8. The van der Waals surface area contributed by atoms with Gasteiger partial charge in [-0.15, -0.1) is 0 Å². The lowest BCUT2D eigenvalue weighted by atomic mass is 9.83. The molecule has 136 valence electrons. The number of aromatic amines is 1. The third-order valence-corrected chi connectivity index (χ3v) is 5.17. The number of H-pyrrole nitrogens is 1. The first kappa shape index (κ1) is 16.9. The van der Waals surface area contributed by atoms with Crippen LogP contribution in [0.1, 0.15) is 42.3 Å². The molecule has 4 N–H and O–H groups in total. The summed E-state index contributed by atoms with van der Waals surface area (Å²) in [5.41, 5.74) is 9.15. The van der Waals surface area contributed by atoms with Crippen LogP contribution in [-0.4, -0.2) is 42.2 Å². The number of hydrogen-bond acceptors (Lipinski definition) is 5. The number of nitrogens with two attached hydrogens (primary N) is 1. The molecule has 0 saturated heterocycles. The van der Waals surface area contributed by atoms with Gasteiger partial charge < -0.3 is 10.8 Å². The molecule has 0 spiro atoms. The van der Waals surface area contributed by atoms with E-state index in [0.717, 1.165) is 29.9 Å². The third kappa shape index (κ3) is 3.27. The minimum absolute atomic E-state index is 0.200. The SMILES string of the molecule is Cc1[nH]ncc1-c1nc([C@H]2CC[C@@H](O)[C@H](N)C2)n(Cc2ccccc2)n1. The van der Waals surface area contributed by atoms with Crippen LogP contribution in [0.4, 0.5) is 0 Å². The van der Waals surface area contributed by atoms with Crippen LogP contribution in [0.5, 0.6) is 0 Å². The van der Waals surface area contributed by atoms with Crippen molar-refractivity contribution in [3.05, 3.63) is 53.6 Å². The summed E-state index contributed by atoms with van der Waals surface area (Å²) >= 11 is 0. The number of rotatable bonds is 4. The standard InChI is InChI=1S/C19H24N6O/c1-12-15(10-21-23-12)18-22-19(14-7-8-17(26)16(20)9-14)25(24-18)11-13-5-3-2-4-6-13/h2-6,10,14,16-17,26H,7-9,11,20H2,1H3,(H,21,23)/t14-,16+,17+/m0/s1. The van der Waals surface area contributed by atoms with E-state index in [4.69, 9.17) is 15.8 Å². The highest BCUT2D eigenvalue weighted by molar-refractivity contribution is 5.56. The Balaban J connectivity index is 1.70. The largest absolute Gasteiger partial charge is 0.392 e. The molecule has 1 saturated carbocycles. The van der Waals surface area contributed by atoms with Gasteiger partial charge in [-0.25, -0.2) is 9.67 Å². The first-order valence-corrected chi connectivity index (χ1v) is 9.04. The maximum absolute atomic E-state index is 9.96. The average molecular weight is 352 g/mol. The summed E-state index contributed by atoms with van der Waals surface area (Å²) in [6.45, 7) is 2.63. The van der Waals surface area contributed by atoms with Gasteiger partial charge in [0.15, 0.2) is 5.82 Å². The zero-order chi connectivity index (χ0) is 18.1. The molecule has 0 radical (unpaired) electrons. The van der Waals surface area contributed by atoms with E-state index >= 15 is 0 Å². The van der Waals surface area contributed by atoms with Gasteiger partial charge in [-0.2, -0.15) is 10.2 Å². The second kappa shape index (κ2) is 7.01. The van der Waals surface area contributed by atoms with E-state index in [1.165, 1.54) is 5.56 Å². The Kier molecular flexibility index (Phi) is 4.57. The molecule has 1 fully saturated rings. The summed E-state index contributed by atoms with van der Waals surface area (Å²) in [5, 5.41) is 21.8. The third-order valence-electron chi connectivity index (χ3n) is 5.17. The number of benzene rings is 1. The first-order chi connectivity index (χ1) is 12.6. The molecule has 1 aromatic carbocycles. The van der Waals surface area contributed by atoms with Gasteiger partial charge in [-0.05, 0) is 31.7 Å². The van der Waals surface area contributed by atoms with E-state index in [1.807, 2.05) is 29.8 Å². The molecular weight excluding hydrogens is 328 g/mol. The Morgan fingerprint density at radius 3 is 2.77 bits per heavy atom. The minimum Gasteiger partial charge on any atom is -0.392 e. The van der Waals surface area contributed by atoms with E-state index in [0.29, 0.717) is 18.8 Å². The monoisotopic (exact) mass is 352 g/mol. The van der Waals surface area contributed by atoms with E-state index < -0.39 is 6.10 Å². The molecule has 1 aliphatic rings. The van der Waals surface area contributed by atoms with Crippen molar-refractivity contribution >= 4 is 0 Å². The van der Waals surface area contributed by atoms with Gasteiger partial charge >= 0.3 is 0 Å². The first-order valence-electron chi connectivity index (χ1n) is 9.04. The molecule has 0 aliphatic heterocycles. The highest BCUT2D eigenvalue weighted by atomic mass is 16.3. The van der Waals surface area contributed by atoms with Gasteiger partial charge in [-0.3, -0.25) is 5.10 Å².